The number of amides is 1. The topological polar surface area (TPSA) is 53.3 Å². The van der Waals surface area contributed by atoms with Crippen molar-refractivity contribution >= 4 is 5.91 Å². The summed E-state index contributed by atoms with van der Waals surface area (Å²) in [5, 5.41) is 9.01. The normalized spacial score (nSPS) is 19.1. The van der Waals surface area contributed by atoms with Crippen molar-refractivity contribution in [1.29, 1.82) is 5.26 Å². The molecular weight excluding hydrogens is 216 g/mol. The number of nitrogens with zero attached hydrogens (tertiary/aromatic N) is 2. The minimum absolute atomic E-state index is 0.0163. The van der Waals surface area contributed by atoms with Crippen LogP contribution in [-0.2, 0) is 9.53 Å². The van der Waals surface area contributed by atoms with Crippen LogP contribution < -0.4 is 0 Å². The summed E-state index contributed by atoms with van der Waals surface area (Å²) in [5.74, 6) is -0.437. The molecule has 0 aromatic rings. The van der Waals surface area contributed by atoms with E-state index in [0.29, 0.717) is 13.1 Å². The third-order valence-electron chi connectivity index (χ3n) is 3.23. The first kappa shape index (κ1) is 14.0. The first-order chi connectivity index (χ1) is 8.10. The molecule has 0 spiro atoms. The summed E-state index contributed by atoms with van der Waals surface area (Å²) >= 11 is 0. The lowest BCUT2D eigenvalue weighted by molar-refractivity contribution is -0.137. The van der Waals surface area contributed by atoms with Gasteiger partial charge in [-0.2, -0.15) is 5.26 Å². The molecule has 0 aromatic heterocycles. The first-order valence-corrected chi connectivity index (χ1v) is 6.40. The van der Waals surface area contributed by atoms with E-state index < -0.39 is 5.92 Å². The van der Waals surface area contributed by atoms with E-state index in [1.54, 1.807) is 0 Å². The molecule has 4 nitrogen and oxygen atoms in total. The second-order valence-corrected chi connectivity index (χ2v) is 4.83. The fourth-order valence-electron chi connectivity index (χ4n) is 2.16. The lowest BCUT2D eigenvalue weighted by atomic mass is 9.95. The van der Waals surface area contributed by atoms with E-state index in [4.69, 9.17) is 10.00 Å². The molecule has 1 atom stereocenters. The van der Waals surface area contributed by atoms with Crippen molar-refractivity contribution in [1.82, 2.24) is 4.90 Å². The Bertz CT molecular complexity index is 288. The van der Waals surface area contributed by atoms with Gasteiger partial charge in [-0.3, -0.25) is 4.79 Å². The van der Waals surface area contributed by atoms with Gasteiger partial charge in [0.15, 0.2) is 0 Å². The van der Waals surface area contributed by atoms with Gasteiger partial charge in [0, 0.05) is 19.7 Å². The van der Waals surface area contributed by atoms with E-state index in [1.807, 2.05) is 25.7 Å². The molecule has 1 unspecified atom stereocenters. The number of rotatable bonds is 4. The summed E-state index contributed by atoms with van der Waals surface area (Å²) in [4.78, 5) is 13.9. The molecule has 1 rings (SSSR count). The van der Waals surface area contributed by atoms with Gasteiger partial charge >= 0.3 is 0 Å². The number of piperidine rings is 1. The Balaban J connectivity index is 2.48. The van der Waals surface area contributed by atoms with Crippen LogP contribution in [0.5, 0.6) is 0 Å². The molecule has 1 saturated heterocycles. The van der Waals surface area contributed by atoms with E-state index in [-0.39, 0.29) is 17.9 Å². The van der Waals surface area contributed by atoms with Crippen molar-refractivity contribution in [3.63, 3.8) is 0 Å². The van der Waals surface area contributed by atoms with Crippen molar-refractivity contribution in [2.24, 2.45) is 11.8 Å². The molecule has 0 N–H and O–H groups in total. The molecule has 0 aromatic carbocycles. The van der Waals surface area contributed by atoms with E-state index in [1.165, 1.54) is 0 Å². The van der Waals surface area contributed by atoms with Crippen LogP contribution in [0.25, 0.3) is 0 Å². The summed E-state index contributed by atoms with van der Waals surface area (Å²) in [7, 11) is 0. The summed E-state index contributed by atoms with van der Waals surface area (Å²) in [6.45, 7) is 7.98. The maximum atomic E-state index is 12.1. The third-order valence-corrected chi connectivity index (χ3v) is 3.23. The monoisotopic (exact) mass is 238 g/mol. The molecule has 1 heterocycles. The van der Waals surface area contributed by atoms with Gasteiger partial charge in [-0.25, -0.2) is 0 Å². The second-order valence-electron chi connectivity index (χ2n) is 4.83. The summed E-state index contributed by atoms with van der Waals surface area (Å²) in [5.41, 5.74) is 0. The quantitative estimate of drug-likeness (QED) is 0.750. The van der Waals surface area contributed by atoms with Crippen molar-refractivity contribution in [3.8, 4) is 6.07 Å². The van der Waals surface area contributed by atoms with Gasteiger partial charge in [0.1, 0.15) is 5.92 Å². The number of likely N-dealkylation sites (tertiary alicyclic amines) is 1. The molecule has 1 aliphatic heterocycles. The Kier molecular flexibility index (Phi) is 5.43. The lowest BCUT2D eigenvalue weighted by Crippen LogP contribution is -2.44. The average Bonchev–Trinajstić information content (AvgIpc) is 2.30. The predicted octanol–water partition coefficient (Wildman–Crippen LogP) is 1.81. The van der Waals surface area contributed by atoms with Gasteiger partial charge in [-0.15, -0.1) is 0 Å². The van der Waals surface area contributed by atoms with E-state index >= 15 is 0 Å². The zero-order chi connectivity index (χ0) is 12.8. The first-order valence-electron chi connectivity index (χ1n) is 6.40. The van der Waals surface area contributed by atoms with E-state index in [9.17, 15) is 4.79 Å². The summed E-state index contributed by atoms with van der Waals surface area (Å²) in [6, 6.07) is 2.11. The van der Waals surface area contributed by atoms with Crippen LogP contribution in [0.1, 0.15) is 33.6 Å². The Labute approximate surface area is 104 Å². The maximum absolute atomic E-state index is 12.1. The van der Waals surface area contributed by atoms with E-state index in [0.717, 1.165) is 19.4 Å². The highest BCUT2D eigenvalue weighted by Gasteiger charge is 2.29. The highest BCUT2D eigenvalue weighted by molar-refractivity contribution is 5.81. The Hall–Kier alpha value is -1.08. The maximum Gasteiger partial charge on any atom is 0.240 e. The largest absolute Gasteiger partial charge is 0.378 e. The van der Waals surface area contributed by atoms with Gasteiger partial charge in [0.25, 0.3) is 0 Å². The van der Waals surface area contributed by atoms with Gasteiger partial charge < -0.3 is 9.64 Å². The molecule has 0 bridgehead atoms. The number of carbonyl (C=O) groups excluding carboxylic acids is 1. The summed E-state index contributed by atoms with van der Waals surface area (Å²) < 4.78 is 5.54. The summed E-state index contributed by atoms with van der Waals surface area (Å²) in [6.07, 6.45) is 2.05. The predicted molar refractivity (Wildman–Crippen MR) is 65.2 cm³/mol. The van der Waals surface area contributed by atoms with Crippen molar-refractivity contribution in [2.75, 3.05) is 19.7 Å². The zero-order valence-corrected chi connectivity index (χ0v) is 11.0. The standard InChI is InChI=1S/C13H22N2O2/c1-4-17-11-5-7-15(8-6-11)13(16)12(9-14)10(2)3/h10-12H,4-8H2,1-3H3. The molecule has 0 aliphatic carbocycles. The van der Waals surface area contributed by atoms with Gasteiger partial charge in [0.2, 0.25) is 5.91 Å². The molecular formula is C13H22N2O2. The molecule has 4 heteroatoms. The molecule has 96 valence electrons. The Morgan fingerprint density at radius 1 is 1.47 bits per heavy atom. The Morgan fingerprint density at radius 3 is 2.47 bits per heavy atom. The third kappa shape index (κ3) is 3.71. The van der Waals surface area contributed by atoms with Crippen molar-refractivity contribution < 1.29 is 9.53 Å². The number of carbonyl (C=O) groups is 1. The van der Waals surface area contributed by atoms with Gasteiger partial charge in [-0.1, -0.05) is 13.8 Å². The number of ether oxygens (including phenoxy) is 1. The van der Waals surface area contributed by atoms with Crippen LogP contribution in [0.3, 0.4) is 0 Å². The molecule has 1 fully saturated rings. The second kappa shape index (κ2) is 6.61. The molecule has 0 saturated carbocycles. The molecule has 1 aliphatic rings. The number of hydrogen-bond acceptors (Lipinski definition) is 3. The molecule has 0 radical (unpaired) electrons. The van der Waals surface area contributed by atoms with Gasteiger partial charge in [-0.05, 0) is 25.7 Å². The SMILES string of the molecule is CCOC1CCN(C(=O)C(C#N)C(C)C)CC1. The highest BCUT2D eigenvalue weighted by atomic mass is 16.5. The van der Waals surface area contributed by atoms with Crippen molar-refractivity contribution in [3.05, 3.63) is 0 Å². The highest BCUT2D eigenvalue weighted by Crippen LogP contribution is 2.19. The van der Waals surface area contributed by atoms with Crippen LogP contribution in [0, 0.1) is 23.2 Å². The fourth-order valence-corrected chi connectivity index (χ4v) is 2.16. The van der Waals surface area contributed by atoms with Gasteiger partial charge in [0.05, 0.1) is 12.2 Å². The van der Waals surface area contributed by atoms with Crippen molar-refractivity contribution in [2.45, 2.75) is 39.7 Å². The molecule has 1 amide bonds. The smallest absolute Gasteiger partial charge is 0.240 e. The zero-order valence-electron chi connectivity index (χ0n) is 11.0. The average molecular weight is 238 g/mol. The lowest BCUT2D eigenvalue weighted by Gasteiger charge is -2.33. The van der Waals surface area contributed by atoms with E-state index in [2.05, 4.69) is 6.07 Å². The van der Waals surface area contributed by atoms with Crippen LogP contribution in [0.15, 0.2) is 0 Å². The van der Waals surface area contributed by atoms with Crippen LogP contribution in [-0.4, -0.2) is 36.6 Å². The number of hydrogen-bond donors (Lipinski definition) is 0. The van der Waals surface area contributed by atoms with Crippen LogP contribution in [0.2, 0.25) is 0 Å². The Morgan fingerprint density at radius 2 is 2.06 bits per heavy atom. The number of nitriles is 1. The molecule has 17 heavy (non-hydrogen) atoms. The van der Waals surface area contributed by atoms with Crippen LogP contribution in [0.4, 0.5) is 0 Å². The fraction of sp³-hybridized carbons (Fsp3) is 0.846. The minimum Gasteiger partial charge on any atom is -0.378 e. The van der Waals surface area contributed by atoms with Crippen LogP contribution >= 0.6 is 0 Å². The minimum atomic E-state index is -0.501.